The van der Waals surface area contributed by atoms with Gasteiger partial charge in [-0.25, -0.2) is 0 Å². The van der Waals surface area contributed by atoms with E-state index in [1.807, 2.05) is 6.07 Å². The molecule has 1 aromatic carbocycles. The number of nitrogens with one attached hydrogen (secondary N) is 1. The first-order valence-corrected chi connectivity index (χ1v) is 5.86. The first-order chi connectivity index (χ1) is 7.84. The Hall–Kier alpha value is -1.19. The summed E-state index contributed by atoms with van der Waals surface area (Å²) in [5, 5.41) is 3.31. The standard InChI is InChI=1S/C13H16N2O/c16-13-9-15(12-7-14-6-11(12)13)8-10-4-2-1-3-5-10/h1-5,11-12,14H,6-9H2/t11-,12-/m1/s1. The fourth-order valence-corrected chi connectivity index (χ4v) is 2.80. The number of Topliss-reactive ketones (excluding diaryl/α,β-unsaturated/α-hetero) is 1. The highest BCUT2D eigenvalue weighted by Crippen LogP contribution is 2.25. The number of fused-ring (bicyclic) bond motifs is 1. The minimum Gasteiger partial charge on any atom is -0.314 e. The third kappa shape index (κ3) is 1.66. The van der Waals surface area contributed by atoms with Crippen LogP contribution in [-0.4, -0.2) is 36.4 Å². The van der Waals surface area contributed by atoms with Gasteiger partial charge in [0, 0.05) is 31.6 Å². The molecule has 2 heterocycles. The van der Waals surface area contributed by atoms with Gasteiger partial charge in [-0.1, -0.05) is 30.3 Å². The summed E-state index contributed by atoms with van der Waals surface area (Å²) in [6, 6.07) is 10.8. The van der Waals surface area contributed by atoms with Gasteiger partial charge in [0.2, 0.25) is 0 Å². The number of hydrogen-bond acceptors (Lipinski definition) is 3. The van der Waals surface area contributed by atoms with E-state index in [0.717, 1.165) is 19.6 Å². The predicted molar refractivity (Wildman–Crippen MR) is 62.0 cm³/mol. The maximum atomic E-state index is 11.8. The third-order valence-electron chi connectivity index (χ3n) is 3.65. The van der Waals surface area contributed by atoms with Crippen LogP contribution in [0.1, 0.15) is 5.56 Å². The highest BCUT2D eigenvalue weighted by Gasteiger charge is 2.43. The average molecular weight is 216 g/mol. The molecular weight excluding hydrogens is 200 g/mol. The van der Waals surface area contributed by atoms with Crippen LogP contribution in [0, 0.1) is 5.92 Å². The van der Waals surface area contributed by atoms with E-state index >= 15 is 0 Å². The summed E-state index contributed by atoms with van der Waals surface area (Å²) in [5.74, 6) is 0.648. The Balaban J connectivity index is 1.74. The van der Waals surface area contributed by atoms with Crippen molar-refractivity contribution in [2.75, 3.05) is 19.6 Å². The Kier molecular flexibility index (Phi) is 2.50. The molecule has 2 aliphatic heterocycles. The van der Waals surface area contributed by atoms with Crippen molar-refractivity contribution in [2.45, 2.75) is 12.6 Å². The van der Waals surface area contributed by atoms with E-state index in [2.05, 4.69) is 34.5 Å². The smallest absolute Gasteiger partial charge is 0.152 e. The summed E-state index contributed by atoms with van der Waals surface area (Å²) in [6.07, 6.45) is 0. The van der Waals surface area contributed by atoms with Gasteiger partial charge in [-0.3, -0.25) is 9.69 Å². The van der Waals surface area contributed by atoms with Gasteiger partial charge in [0.1, 0.15) is 0 Å². The van der Waals surface area contributed by atoms with Crippen molar-refractivity contribution in [2.24, 2.45) is 5.92 Å². The van der Waals surface area contributed by atoms with E-state index < -0.39 is 0 Å². The van der Waals surface area contributed by atoms with Crippen LogP contribution >= 0.6 is 0 Å². The highest BCUT2D eigenvalue weighted by atomic mass is 16.1. The molecule has 0 unspecified atom stereocenters. The first-order valence-electron chi connectivity index (χ1n) is 5.86. The molecule has 0 spiro atoms. The first kappa shape index (κ1) is 10.00. The zero-order valence-electron chi connectivity index (χ0n) is 9.23. The van der Waals surface area contributed by atoms with Crippen molar-refractivity contribution < 1.29 is 4.79 Å². The van der Waals surface area contributed by atoms with Gasteiger partial charge < -0.3 is 5.32 Å². The van der Waals surface area contributed by atoms with Crippen LogP contribution in [0.3, 0.4) is 0 Å². The number of nitrogens with zero attached hydrogens (tertiary/aromatic N) is 1. The molecule has 0 radical (unpaired) electrons. The zero-order chi connectivity index (χ0) is 11.0. The second-order valence-electron chi connectivity index (χ2n) is 4.69. The zero-order valence-corrected chi connectivity index (χ0v) is 9.23. The summed E-state index contributed by atoms with van der Waals surface area (Å²) in [4.78, 5) is 14.1. The number of carbonyl (C=O) groups is 1. The largest absolute Gasteiger partial charge is 0.314 e. The summed E-state index contributed by atoms with van der Waals surface area (Å²) < 4.78 is 0. The molecule has 3 heteroatoms. The maximum Gasteiger partial charge on any atom is 0.152 e. The fraction of sp³-hybridized carbons (Fsp3) is 0.462. The minimum atomic E-state index is 0.240. The summed E-state index contributed by atoms with van der Waals surface area (Å²) in [5.41, 5.74) is 1.29. The molecular formula is C13H16N2O. The molecule has 1 aromatic rings. The molecule has 0 bridgehead atoms. The lowest BCUT2D eigenvalue weighted by Gasteiger charge is -2.21. The second-order valence-corrected chi connectivity index (χ2v) is 4.69. The Morgan fingerprint density at radius 1 is 1.25 bits per heavy atom. The third-order valence-corrected chi connectivity index (χ3v) is 3.65. The van der Waals surface area contributed by atoms with E-state index in [4.69, 9.17) is 0 Å². The molecule has 2 atom stereocenters. The van der Waals surface area contributed by atoms with Gasteiger partial charge in [0.05, 0.1) is 6.54 Å². The lowest BCUT2D eigenvalue weighted by atomic mass is 10.0. The fourth-order valence-electron chi connectivity index (χ4n) is 2.80. The highest BCUT2D eigenvalue weighted by molar-refractivity contribution is 5.86. The molecule has 0 aromatic heterocycles. The van der Waals surface area contributed by atoms with Crippen LogP contribution in [-0.2, 0) is 11.3 Å². The van der Waals surface area contributed by atoms with E-state index in [-0.39, 0.29) is 5.92 Å². The van der Waals surface area contributed by atoms with Crippen LogP contribution in [0.2, 0.25) is 0 Å². The quantitative estimate of drug-likeness (QED) is 0.788. The minimum absolute atomic E-state index is 0.240. The van der Waals surface area contributed by atoms with E-state index in [9.17, 15) is 4.79 Å². The van der Waals surface area contributed by atoms with Crippen molar-refractivity contribution >= 4 is 5.78 Å². The van der Waals surface area contributed by atoms with Crippen molar-refractivity contribution in [3.8, 4) is 0 Å². The number of rotatable bonds is 2. The second kappa shape index (κ2) is 4.00. The van der Waals surface area contributed by atoms with Crippen LogP contribution in [0.25, 0.3) is 0 Å². The van der Waals surface area contributed by atoms with Gasteiger partial charge in [-0.15, -0.1) is 0 Å². The SMILES string of the molecule is O=C1CN(Cc2ccccc2)[C@@H]2CNC[C@@H]12. The Morgan fingerprint density at radius 2 is 2.06 bits per heavy atom. The normalized spacial score (nSPS) is 29.6. The van der Waals surface area contributed by atoms with E-state index in [1.54, 1.807) is 0 Å². The summed E-state index contributed by atoms with van der Waals surface area (Å²) in [6.45, 7) is 3.36. The molecule has 84 valence electrons. The molecule has 2 saturated heterocycles. The van der Waals surface area contributed by atoms with Gasteiger partial charge in [0.25, 0.3) is 0 Å². The molecule has 3 rings (SSSR count). The number of hydrogen-bond donors (Lipinski definition) is 1. The van der Waals surface area contributed by atoms with E-state index in [0.29, 0.717) is 18.4 Å². The van der Waals surface area contributed by atoms with Crippen LogP contribution in [0.4, 0.5) is 0 Å². The monoisotopic (exact) mass is 216 g/mol. The summed E-state index contributed by atoms with van der Waals surface area (Å²) in [7, 11) is 0. The Labute approximate surface area is 95.4 Å². The van der Waals surface area contributed by atoms with Crippen molar-refractivity contribution in [1.29, 1.82) is 0 Å². The van der Waals surface area contributed by atoms with Crippen LogP contribution < -0.4 is 5.32 Å². The Morgan fingerprint density at radius 3 is 2.88 bits per heavy atom. The predicted octanol–water partition coefficient (Wildman–Crippen LogP) is 0.659. The topological polar surface area (TPSA) is 32.3 Å². The molecule has 0 aliphatic carbocycles. The average Bonchev–Trinajstić information content (AvgIpc) is 2.87. The van der Waals surface area contributed by atoms with E-state index in [1.165, 1.54) is 5.56 Å². The van der Waals surface area contributed by atoms with Gasteiger partial charge in [0.15, 0.2) is 5.78 Å². The maximum absolute atomic E-state index is 11.8. The van der Waals surface area contributed by atoms with Gasteiger partial charge in [-0.05, 0) is 5.56 Å². The number of carbonyl (C=O) groups excluding carboxylic acids is 1. The molecule has 0 amide bonds. The van der Waals surface area contributed by atoms with Crippen LogP contribution in [0.5, 0.6) is 0 Å². The van der Waals surface area contributed by atoms with Gasteiger partial charge in [-0.2, -0.15) is 0 Å². The number of likely N-dealkylation sites (tertiary alicyclic amines) is 1. The number of ketones is 1. The summed E-state index contributed by atoms with van der Waals surface area (Å²) >= 11 is 0. The Bertz CT molecular complexity index is 390. The molecule has 2 aliphatic rings. The molecule has 3 nitrogen and oxygen atoms in total. The molecule has 1 N–H and O–H groups in total. The lowest BCUT2D eigenvalue weighted by Crippen LogP contribution is -2.33. The van der Waals surface area contributed by atoms with Gasteiger partial charge >= 0.3 is 0 Å². The molecule has 2 fully saturated rings. The molecule has 0 saturated carbocycles. The van der Waals surface area contributed by atoms with Crippen molar-refractivity contribution in [1.82, 2.24) is 10.2 Å². The lowest BCUT2D eigenvalue weighted by molar-refractivity contribution is -0.119. The van der Waals surface area contributed by atoms with Crippen LogP contribution in [0.15, 0.2) is 30.3 Å². The van der Waals surface area contributed by atoms with Crippen molar-refractivity contribution in [3.05, 3.63) is 35.9 Å². The molecule has 16 heavy (non-hydrogen) atoms. The van der Waals surface area contributed by atoms with Crippen molar-refractivity contribution in [3.63, 3.8) is 0 Å². The number of benzene rings is 1.